The molecule has 0 saturated heterocycles. The summed E-state index contributed by atoms with van der Waals surface area (Å²) in [4.78, 5) is 32.8. The smallest absolute Gasteiger partial charge is 0.263 e. The Labute approximate surface area is 197 Å². The number of nitrogens with zero attached hydrogens (tertiary/aromatic N) is 2. The minimum Gasteiger partial charge on any atom is -0.493 e. The number of hydrogen-bond donors (Lipinski definition) is 2. The summed E-state index contributed by atoms with van der Waals surface area (Å²) >= 11 is 1.25. The second-order valence-corrected chi connectivity index (χ2v) is 8.82. The third-order valence-electron chi connectivity index (χ3n) is 5.28. The van der Waals surface area contributed by atoms with E-state index in [1.807, 2.05) is 25.1 Å². The fraction of sp³-hybridized carbons (Fsp3) is 0.375. The van der Waals surface area contributed by atoms with Gasteiger partial charge >= 0.3 is 0 Å². The van der Waals surface area contributed by atoms with Crippen molar-refractivity contribution in [3.63, 3.8) is 0 Å². The molecule has 2 amide bonds. The molecule has 2 aromatic heterocycles. The van der Waals surface area contributed by atoms with Gasteiger partial charge in [0.25, 0.3) is 11.8 Å². The van der Waals surface area contributed by atoms with E-state index >= 15 is 0 Å². The lowest BCUT2D eigenvalue weighted by Gasteiger charge is -2.13. The van der Waals surface area contributed by atoms with Crippen LogP contribution in [0.15, 0.2) is 24.3 Å². The van der Waals surface area contributed by atoms with Gasteiger partial charge in [0, 0.05) is 26.0 Å². The van der Waals surface area contributed by atoms with Gasteiger partial charge in [-0.05, 0) is 36.6 Å². The van der Waals surface area contributed by atoms with Crippen molar-refractivity contribution in [2.75, 3.05) is 40.6 Å². The van der Waals surface area contributed by atoms with Gasteiger partial charge in [-0.25, -0.2) is 4.98 Å². The summed E-state index contributed by atoms with van der Waals surface area (Å²) in [5.74, 6) is 0.922. The average Bonchev–Trinajstić information content (AvgIpc) is 3.13. The van der Waals surface area contributed by atoms with Crippen molar-refractivity contribution in [1.29, 1.82) is 0 Å². The predicted octanol–water partition coefficient (Wildman–Crippen LogP) is 3.52. The van der Waals surface area contributed by atoms with Crippen molar-refractivity contribution in [3.8, 4) is 11.5 Å². The number of anilines is 1. The van der Waals surface area contributed by atoms with E-state index < -0.39 is 0 Å². The Kier molecular flexibility index (Phi) is 7.75. The van der Waals surface area contributed by atoms with Gasteiger partial charge in [-0.2, -0.15) is 0 Å². The number of nitrogens with one attached hydrogen (secondary N) is 1. The van der Waals surface area contributed by atoms with Crippen molar-refractivity contribution in [2.24, 2.45) is 0 Å². The molecular formula is C24H30N4O4S. The fourth-order valence-corrected chi connectivity index (χ4v) is 4.55. The number of nitrogen functional groups attached to an aromatic ring is 1. The predicted molar refractivity (Wildman–Crippen MR) is 132 cm³/mol. The molecule has 0 spiro atoms. The van der Waals surface area contributed by atoms with Crippen LogP contribution in [0.4, 0.5) is 5.69 Å². The third-order valence-corrected chi connectivity index (χ3v) is 6.39. The molecule has 2 heterocycles. The number of rotatable bonds is 9. The first-order valence-corrected chi connectivity index (χ1v) is 11.5. The lowest BCUT2D eigenvalue weighted by Crippen LogP contribution is -2.25. The van der Waals surface area contributed by atoms with E-state index in [0.29, 0.717) is 57.2 Å². The van der Waals surface area contributed by atoms with E-state index in [1.54, 1.807) is 34.4 Å². The molecule has 33 heavy (non-hydrogen) atoms. The van der Waals surface area contributed by atoms with Crippen LogP contribution in [-0.2, 0) is 12.8 Å². The Hall–Kier alpha value is -3.33. The van der Waals surface area contributed by atoms with Gasteiger partial charge in [0.05, 0.1) is 31.2 Å². The van der Waals surface area contributed by atoms with Crippen LogP contribution >= 0.6 is 11.3 Å². The molecule has 3 aromatic rings. The van der Waals surface area contributed by atoms with Crippen LogP contribution in [0, 0.1) is 0 Å². The summed E-state index contributed by atoms with van der Waals surface area (Å²) in [6.07, 6.45) is 2.16. The lowest BCUT2D eigenvalue weighted by molar-refractivity contribution is 0.0826. The zero-order chi connectivity index (χ0) is 24.1. The Morgan fingerprint density at radius 3 is 2.48 bits per heavy atom. The molecule has 3 N–H and O–H groups in total. The van der Waals surface area contributed by atoms with E-state index in [-0.39, 0.29) is 11.8 Å². The van der Waals surface area contributed by atoms with Crippen LogP contribution < -0.4 is 20.5 Å². The summed E-state index contributed by atoms with van der Waals surface area (Å²) < 4.78 is 10.6. The highest BCUT2D eigenvalue weighted by atomic mass is 32.1. The molecule has 0 bridgehead atoms. The molecule has 0 fully saturated rings. The first kappa shape index (κ1) is 24.3. The molecule has 1 aromatic carbocycles. The minimum atomic E-state index is -0.256. The summed E-state index contributed by atoms with van der Waals surface area (Å²) in [6.45, 7) is 2.47. The number of amides is 2. The van der Waals surface area contributed by atoms with Crippen LogP contribution in [0.25, 0.3) is 10.2 Å². The van der Waals surface area contributed by atoms with E-state index in [9.17, 15) is 9.59 Å². The van der Waals surface area contributed by atoms with E-state index in [1.165, 1.54) is 16.2 Å². The lowest BCUT2D eigenvalue weighted by atomic mass is 10.1. The molecule has 0 aliphatic carbocycles. The Morgan fingerprint density at radius 1 is 1.12 bits per heavy atom. The molecule has 0 atom stereocenters. The SMILES string of the molecule is CCCc1nc2sc(C(=O)NCCc3ccc(OC)c(OC)c3)c(N)c2cc1C(=O)N(C)C. The molecule has 176 valence electrons. The largest absolute Gasteiger partial charge is 0.493 e. The van der Waals surface area contributed by atoms with E-state index in [4.69, 9.17) is 15.2 Å². The maximum absolute atomic E-state index is 12.9. The first-order valence-electron chi connectivity index (χ1n) is 10.7. The Bertz CT molecular complexity index is 1170. The Balaban J connectivity index is 1.80. The highest BCUT2D eigenvalue weighted by molar-refractivity contribution is 7.21. The van der Waals surface area contributed by atoms with Crippen LogP contribution in [0.5, 0.6) is 11.5 Å². The number of benzene rings is 1. The molecule has 8 nitrogen and oxygen atoms in total. The number of pyridine rings is 1. The number of thiophene rings is 1. The van der Waals surface area contributed by atoms with Crippen molar-refractivity contribution in [3.05, 3.63) is 46.0 Å². The number of aryl methyl sites for hydroxylation is 1. The van der Waals surface area contributed by atoms with Crippen molar-refractivity contribution < 1.29 is 19.1 Å². The van der Waals surface area contributed by atoms with E-state index in [2.05, 4.69) is 10.3 Å². The summed E-state index contributed by atoms with van der Waals surface area (Å²) in [5.41, 5.74) is 8.93. The third kappa shape index (κ3) is 5.19. The number of fused-ring (bicyclic) bond motifs is 1. The maximum Gasteiger partial charge on any atom is 0.263 e. The van der Waals surface area contributed by atoms with Gasteiger partial charge in [0.1, 0.15) is 9.71 Å². The quantitative estimate of drug-likeness (QED) is 0.496. The zero-order valence-electron chi connectivity index (χ0n) is 19.7. The fourth-order valence-electron chi connectivity index (χ4n) is 3.54. The number of carbonyl (C=O) groups excluding carboxylic acids is 2. The monoisotopic (exact) mass is 470 g/mol. The van der Waals surface area contributed by atoms with Crippen molar-refractivity contribution in [1.82, 2.24) is 15.2 Å². The number of ether oxygens (including phenoxy) is 2. The van der Waals surface area contributed by atoms with Gasteiger partial charge in [0.15, 0.2) is 11.5 Å². The van der Waals surface area contributed by atoms with Gasteiger partial charge in [-0.1, -0.05) is 19.4 Å². The highest BCUT2D eigenvalue weighted by Gasteiger charge is 2.22. The molecule has 0 radical (unpaired) electrons. The maximum atomic E-state index is 12.9. The molecule has 0 aliphatic heterocycles. The molecule has 0 saturated carbocycles. The number of methoxy groups -OCH3 is 2. The normalized spacial score (nSPS) is 10.8. The van der Waals surface area contributed by atoms with Gasteiger partial charge < -0.3 is 25.4 Å². The molecule has 0 unspecified atom stereocenters. The number of aromatic nitrogens is 1. The first-order chi connectivity index (χ1) is 15.8. The van der Waals surface area contributed by atoms with Gasteiger partial charge in [0.2, 0.25) is 0 Å². The topological polar surface area (TPSA) is 107 Å². The standard InChI is InChI=1S/C24H30N4O4S/c1-6-7-17-15(24(30)28(2)3)13-16-20(25)21(33-23(16)27-17)22(29)26-11-10-14-8-9-18(31-4)19(12-14)32-5/h8-9,12-13H,6-7,10-11,25H2,1-5H3,(H,26,29). The highest BCUT2D eigenvalue weighted by Crippen LogP contribution is 2.34. The second-order valence-electron chi connectivity index (χ2n) is 7.83. The van der Waals surface area contributed by atoms with Crippen LogP contribution in [0.2, 0.25) is 0 Å². The summed E-state index contributed by atoms with van der Waals surface area (Å²) in [5, 5.41) is 3.56. The molecule has 3 rings (SSSR count). The molecule has 9 heteroatoms. The van der Waals surface area contributed by atoms with Crippen LogP contribution in [0.3, 0.4) is 0 Å². The number of nitrogens with two attached hydrogens (primary N) is 1. The van der Waals surface area contributed by atoms with Crippen molar-refractivity contribution >= 4 is 39.1 Å². The zero-order valence-corrected chi connectivity index (χ0v) is 20.5. The van der Waals surface area contributed by atoms with Crippen LogP contribution in [0.1, 0.15) is 44.6 Å². The second kappa shape index (κ2) is 10.5. The van der Waals surface area contributed by atoms with E-state index in [0.717, 1.165) is 17.7 Å². The van der Waals surface area contributed by atoms with Gasteiger partial charge in [-0.15, -0.1) is 11.3 Å². The number of hydrogen-bond acceptors (Lipinski definition) is 7. The van der Waals surface area contributed by atoms with Crippen LogP contribution in [-0.4, -0.2) is 56.6 Å². The minimum absolute atomic E-state index is 0.126. The number of carbonyl (C=O) groups is 2. The van der Waals surface area contributed by atoms with Crippen molar-refractivity contribution in [2.45, 2.75) is 26.2 Å². The summed E-state index contributed by atoms with van der Waals surface area (Å²) in [6, 6.07) is 7.43. The molecular weight excluding hydrogens is 440 g/mol. The van der Waals surface area contributed by atoms with Gasteiger partial charge in [-0.3, -0.25) is 9.59 Å². The molecule has 0 aliphatic rings. The summed E-state index contributed by atoms with van der Waals surface area (Å²) in [7, 11) is 6.59. The average molecular weight is 471 g/mol. The Morgan fingerprint density at radius 2 is 1.85 bits per heavy atom.